The molecule has 20 heavy (non-hydrogen) atoms. The van der Waals surface area contributed by atoms with Crippen LogP contribution in [0.4, 0.5) is 10.1 Å². The lowest BCUT2D eigenvalue weighted by Gasteiger charge is -2.01. The highest BCUT2D eigenvalue weighted by Crippen LogP contribution is 2.35. The van der Waals surface area contributed by atoms with Gasteiger partial charge in [-0.15, -0.1) is 0 Å². The van der Waals surface area contributed by atoms with Crippen LogP contribution in [0.3, 0.4) is 0 Å². The molecule has 100 valence electrons. The van der Waals surface area contributed by atoms with E-state index in [1.165, 1.54) is 12.1 Å². The largest absolute Gasteiger partial charge is 0.321 e. The number of rotatable bonds is 1. The minimum atomic E-state index is -0.528. The van der Waals surface area contributed by atoms with Crippen LogP contribution in [0, 0.1) is 5.82 Å². The highest BCUT2D eigenvalue weighted by molar-refractivity contribution is 9.10. The third-order valence-electron chi connectivity index (χ3n) is 3.05. The van der Waals surface area contributed by atoms with Crippen molar-refractivity contribution < 1.29 is 9.18 Å². The number of fused-ring (bicyclic) bond motifs is 1. The van der Waals surface area contributed by atoms with Crippen LogP contribution in [0.5, 0.6) is 0 Å². The van der Waals surface area contributed by atoms with Crippen LogP contribution < -0.4 is 5.32 Å². The zero-order chi connectivity index (χ0) is 14.3. The molecule has 0 radical (unpaired) electrons. The van der Waals surface area contributed by atoms with E-state index in [-0.39, 0.29) is 10.9 Å². The number of anilines is 1. The third kappa shape index (κ3) is 2.25. The number of hydrogen-bond donors (Lipinski definition) is 1. The minimum Gasteiger partial charge on any atom is -0.321 e. The highest BCUT2D eigenvalue weighted by atomic mass is 79.9. The molecule has 0 aromatic heterocycles. The zero-order valence-electron chi connectivity index (χ0n) is 10.1. The molecule has 0 fully saturated rings. The van der Waals surface area contributed by atoms with Crippen molar-refractivity contribution in [1.82, 2.24) is 0 Å². The van der Waals surface area contributed by atoms with E-state index in [4.69, 9.17) is 11.6 Å². The van der Waals surface area contributed by atoms with Crippen molar-refractivity contribution in [3.63, 3.8) is 0 Å². The predicted octanol–water partition coefficient (Wildman–Crippen LogP) is 4.73. The molecule has 0 unspecified atom stereocenters. The first-order valence-corrected chi connectivity index (χ1v) is 7.00. The van der Waals surface area contributed by atoms with E-state index in [0.29, 0.717) is 16.8 Å². The Bertz CT molecular complexity index is 758. The summed E-state index contributed by atoms with van der Waals surface area (Å²) in [5.74, 6) is -0.780. The minimum absolute atomic E-state index is 0.0359. The van der Waals surface area contributed by atoms with Gasteiger partial charge >= 0.3 is 0 Å². The van der Waals surface area contributed by atoms with Gasteiger partial charge in [0, 0.05) is 21.2 Å². The van der Waals surface area contributed by atoms with E-state index >= 15 is 0 Å². The number of carbonyl (C=O) groups excluding carboxylic acids is 1. The summed E-state index contributed by atoms with van der Waals surface area (Å²) in [6.07, 6.45) is 1.51. The molecule has 0 bridgehead atoms. The molecule has 0 spiro atoms. The molecule has 0 saturated heterocycles. The van der Waals surface area contributed by atoms with Crippen molar-refractivity contribution in [2.24, 2.45) is 0 Å². The van der Waals surface area contributed by atoms with Gasteiger partial charge in [0.1, 0.15) is 5.82 Å². The fraction of sp³-hybridized carbons (Fsp3) is 0. The maximum Gasteiger partial charge on any atom is 0.256 e. The Morgan fingerprint density at radius 3 is 2.85 bits per heavy atom. The number of carbonyl (C=O) groups is 1. The molecule has 1 heterocycles. The number of amides is 1. The molecule has 0 saturated carbocycles. The fourth-order valence-electron chi connectivity index (χ4n) is 2.10. The number of halogens is 3. The average molecular weight is 353 g/mol. The Balaban J connectivity index is 2.14. The number of benzene rings is 2. The maximum atomic E-state index is 13.9. The van der Waals surface area contributed by atoms with Crippen molar-refractivity contribution in [3.8, 4) is 0 Å². The molecular weight excluding hydrogens is 345 g/mol. The molecule has 2 nitrogen and oxygen atoms in total. The van der Waals surface area contributed by atoms with Crippen molar-refractivity contribution in [2.75, 3.05) is 5.32 Å². The predicted molar refractivity (Wildman–Crippen MR) is 82.1 cm³/mol. The number of hydrogen-bond acceptors (Lipinski definition) is 1. The van der Waals surface area contributed by atoms with Crippen molar-refractivity contribution in [3.05, 3.63) is 62.8 Å². The van der Waals surface area contributed by atoms with Gasteiger partial charge in [-0.3, -0.25) is 4.79 Å². The SMILES string of the molecule is O=C1Nc2cc(Br)ccc2C1=Cc1cccc(Cl)c1F. The molecule has 2 aromatic rings. The summed E-state index contributed by atoms with van der Waals surface area (Å²) in [6.45, 7) is 0. The van der Waals surface area contributed by atoms with Crippen LogP contribution in [0.2, 0.25) is 5.02 Å². The Kier molecular flexibility index (Phi) is 3.36. The van der Waals surface area contributed by atoms with E-state index in [0.717, 1.165) is 10.0 Å². The summed E-state index contributed by atoms with van der Waals surface area (Å²) in [4.78, 5) is 12.0. The molecule has 3 rings (SSSR count). The lowest BCUT2D eigenvalue weighted by molar-refractivity contribution is -0.110. The fourth-order valence-corrected chi connectivity index (χ4v) is 2.64. The van der Waals surface area contributed by atoms with Gasteiger partial charge in [0.2, 0.25) is 0 Å². The van der Waals surface area contributed by atoms with Gasteiger partial charge in [0.05, 0.1) is 10.7 Å². The topological polar surface area (TPSA) is 29.1 Å². The van der Waals surface area contributed by atoms with E-state index in [1.807, 2.05) is 18.2 Å². The molecule has 1 aliphatic rings. The lowest BCUT2D eigenvalue weighted by Crippen LogP contribution is -2.03. The van der Waals surface area contributed by atoms with Crippen LogP contribution in [-0.4, -0.2) is 5.91 Å². The Morgan fingerprint density at radius 2 is 2.05 bits per heavy atom. The van der Waals surface area contributed by atoms with Crippen LogP contribution in [0.1, 0.15) is 11.1 Å². The van der Waals surface area contributed by atoms with E-state index < -0.39 is 5.82 Å². The zero-order valence-corrected chi connectivity index (χ0v) is 12.4. The monoisotopic (exact) mass is 351 g/mol. The molecule has 1 aliphatic heterocycles. The van der Waals surface area contributed by atoms with Crippen LogP contribution >= 0.6 is 27.5 Å². The highest BCUT2D eigenvalue weighted by Gasteiger charge is 2.24. The van der Waals surface area contributed by atoms with E-state index in [9.17, 15) is 9.18 Å². The van der Waals surface area contributed by atoms with E-state index in [1.54, 1.807) is 12.1 Å². The number of nitrogens with one attached hydrogen (secondary N) is 1. The van der Waals surface area contributed by atoms with Crippen molar-refractivity contribution in [2.45, 2.75) is 0 Å². The molecule has 0 aliphatic carbocycles. The van der Waals surface area contributed by atoms with Gasteiger partial charge in [0.25, 0.3) is 5.91 Å². The van der Waals surface area contributed by atoms with Gasteiger partial charge in [0.15, 0.2) is 0 Å². The van der Waals surface area contributed by atoms with Gasteiger partial charge < -0.3 is 5.32 Å². The third-order valence-corrected chi connectivity index (χ3v) is 3.83. The Hall–Kier alpha value is -1.65. The second-order valence-corrected chi connectivity index (χ2v) is 5.67. The second-order valence-electron chi connectivity index (χ2n) is 4.35. The summed E-state index contributed by atoms with van der Waals surface area (Å²) in [6, 6.07) is 10.2. The first kappa shape index (κ1) is 13.3. The van der Waals surface area contributed by atoms with Gasteiger partial charge in [-0.1, -0.05) is 45.7 Å². The molecule has 0 atom stereocenters. The molecule has 2 aromatic carbocycles. The second kappa shape index (κ2) is 5.04. The van der Waals surface area contributed by atoms with Crippen molar-refractivity contribution >= 4 is 50.8 Å². The summed E-state index contributed by atoms with van der Waals surface area (Å²) in [5, 5.41) is 2.79. The standard InChI is InChI=1S/C15H8BrClFNO/c16-9-4-5-10-11(15(20)19-13(10)7-9)6-8-2-1-3-12(17)14(8)18/h1-7H,(H,19,20). The average Bonchev–Trinajstić information content (AvgIpc) is 2.70. The van der Waals surface area contributed by atoms with Gasteiger partial charge in [-0.25, -0.2) is 4.39 Å². The van der Waals surface area contributed by atoms with Gasteiger partial charge in [-0.2, -0.15) is 0 Å². The summed E-state index contributed by atoms with van der Waals surface area (Å²) in [5.41, 5.74) is 2.17. The van der Waals surface area contributed by atoms with Crippen LogP contribution in [-0.2, 0) is 4.79 Å². The van der Waals surface area contributed by atoms with Gasteiger partial charge in [-0.05, 0) is 24.3 Å². The van der Waals surface area contributed by atoms with E-state index in [2.05, 4.69) is 21.2 Å². The first-order chi connectivity index (χ1) is 9.56. The lowest BCUT2D eigenvalue weighted by atomic mass is 10.0. The summed E-state index contributed by atoms with van der Waals surface area (Å²) in [7, 11) is 0. The summed E-state index contributed by atoms with van der Waals surface area (Å²) < 4.78 is 14.8. The van der Waals surface area contributed by atoms with Crippen LogP contribution in [0.25, 0.3) is 11.6 Å². The maximum absolute atomic E-state index is 13.9. The normalized spacial score (nSPS) is 15.3. The van der Waals surface area contributed by atoms with Crippen LogP contribution in [0.15, 0.2) is 40.9 Å². The molecule has 5 heteroatoms. The molecular formula is C15H8BrClFNO. The Labute approximate surface area is 128 Å². The summed E-state index contributed by atoms with van der Waals surface area (Å²) >= 11 is 9.09. The van der Waals surface area contributed by atoms with Crippen molar-refractivity contribution in [1.29, 1.82) is 0 Å². The molecule has 1 N–H and O–H groups in total. The quantitative estimate of drug-likeness (QED) is 0.738. The molecule has 1 amide bonds. The Morgan fingerprint density at radius 1 is 1.25 bits per heavy atom. The first-order valence-electron chi connectivity index (χ1n) is 5.83. The smallest absolute Gasteiger partial charge is 0.256 e.